The van der Waals surface area contributed by atoms with E-state index in [2.05, 4.69) is 19.2 Å². The molecule has 74 heavy (non-hydrogen) atoms. The van der Waals surface area contributed by atoms with Gasteiger partial charge in [0.05, 0.1) is 32.0 Å². The highest BCUT2D eigenvalue weighted by atomic mass is 16.7. The standard InChI is InChI=1S/C63H121NO10/c1-3-5-7-9-11-13-30-35-39-43-47-51-59(68)72-52-48-44-40-36-32-29-27-25-23-21-19-17-15-16-18-20-22-24-26-28-31-34-38-42-46-50-58(67)64-55(54-73-63-62(71)61(70)60(69)57(53-65)74-63)56(66)49-45-41-37-33-14-12-10-8-6-4-2/h45,49,55-57,60-63,65-66,69-71H,3-44,46-48,50-54H2,1-2H3,(H,64,67)/b49-45+. The van der Waals surface area contributed by atoms with E-state index in [1.54, 1.807) is 6.08 Å². The van der Waals surface area contributed by atoms with Crippen molar-refractivity contribution in [3.63, 3.8) is 0 Å². The summed E-state index contributed by atoms with van der Waals surface area (Å²) >= 11 is 0. The maximum atomic E-state index is 13.0. The van der Waals surface area contributed by atoms with E-state index in [-0.39, 0.29) is 18.5 Å². The lowest BCUT2D eigenvalue weighted by molar-refractivity contribution is -0.302. The Morgan fingerprint density at radius 3 is 1.26 bits per heavy atom. The number of amides is 1. The van der Waals surface area contributed by atoms with Crippen LogP contribution < -0.4 is 5.32 Å². The van der Waals surface area contributed by atoms with Crippen molar-refractivity contribution in [3.8, 4) is 0 Å². The maximum absolute atomic E-state index is 13.0. The Bertz CT molecular complexity index is 1240. The highest BCUT2D eigenvalue weighted by molar-refractivity contribution is 5.76. The summed E-state index contributed by atoms with van der Waals surface area (Å²) in [5.74, 6) is -0.174. The maximum Gasteiger partial charge on any atom is 0.305 e. The molecule has 0 aromatic carbocycles. The fourth-order valence-electron chi connectivity index (χ4n) is 10.3. The predicted molar refractivity (Wildman–Crippen MR) is 306 cm³/mol. The van der Waals surface area contributed by atoms with Crippen LogP contribution in [0, 0.1) is 0 Å². The van der Waals surface area contributed by atoms with Crippen molar-refractivity contribution < 1.29 is 49.3 Å². The molecule has 1 amide bonds. The molecule has 7 unspecified atom stereocenters. The van der Waals surface area contributed by atoms with E-state index >= 15 is 0 Å². The fraction of sp³-hybridized carbons (Fsp3) is 0.937. The first-order chi connectivity index (χ1) is 36.2. The van der Waals surface area contributed by atoms with Gasteiger partial charge in [0.15, 0.2) is 6.29 Å². The minimum Gasteiger partial charge on any atom is -0.466 e. The highest BCUT2D eigenvalue weighted by Crippen LogP contribution is 2.23. The van der Waals surface area contributed by atoms with Crippen LogP contribution in [0.4, 0.5) is 0 Å². The van der Waals surface area contributed by atoms with E-state index in [1.165, 1.54) is 231 Å². The van der Waals surface area contributed by atoms with Crippen LogP contribution in [0.5, 0.6) is 0 Å². The highest BCUT2D eigenvalue weighted by Gasteiger charge is 2.44. The molecule has 0 saturated carbocycles. The second-order valence-corrected chi connectivity index (χ2v) is 22.5. The molecule has 1 saturated heterocycles. The number of hydrogen-bond acceptors (Lipinski definition) is 10. The number of aliphatic hydroxyl groups is 5. The van der Waals surface area contributed by atoms with Crippen molar-refractivity contribution in [2.45, 2.75) is 358 Å². The number of nitrogens with one attached hydrogen (secondary N) is 1. The average Bonchev–Trinajstić information content (AvgIpc) is 3.40. The molecule has 11 heteroatoms. The summed E-state index contributed by atoms with van der Waals surface area (Å²) in [5, 5.41) is 54.3. The SMILES string of the molecule is CCCCCCCCCC/C=C/C(O)C(COC1OC(CO)C(O)C(O)C1O)NC(=O)CCCCCCCCCCCCCCCCCCCCCCCCCCCOC(=O)CCCCCCCCCCCCC. The zero-order valence-electron chi connectivity index (χ0n) is 48.3. The number of aliphatic hydroxyl groups excluding tert-OH is 5. The van der Waals surface area contributed by atoms with Crippen molar-refractivity contribution >= 4 is 11.9 Å². The average molecular weight is 1050 g/mol. The van der Waals surface area contributed by atoms with Crippen LogP contribution in [-0.4, -0.2) is 100 Å². The van der Waals surface area contributed by atoms with Gasteiger partial charge in [0.1, 0.15) is 24.4 Å². The van der Waals surface area contributed by atoms with Crippen LogP contribution in [0.15, 0.2) is 12.2 Å². The number of hydrogen-bond donors (Lipinski definition) is 6. The molecule has 0 aromatic heterocycles. The summed E-state index contributed by atoms with van der Waals surface area (Å²) in [4.78, 5) is 25.0. The zero-order chi connectivity index (χ0) is 53.8. The molecular formula is C63H121NO10. The van der Waals surface area contributed by atoms with Gasteiger partial charge in [-0.15, -0.1) is 0 Å². The second-order valence-electron chi connectivity index (χ2n) is 22.5. The van der Waals surface area contributed by atoms with Gasteiger partial charge in [0, 0.05) is 12.8 Å². The second kappa shape index (κ2) is 53.4. The van der Waals surface area contributed by atoms with E-state index in [9.17, 15) is 35.1 Å². The Balaban J connectivity index is 1.98. The van der Waals surface area contributed by atoms with E-state index in [4.69, 9.17) is 14.2 Å². The van der Waals surface area contributed by atoms with Crippen molar-refractivity contribution in [3.05, 3.63) is 12.2 Å². The zero-order valence-corrected chi connectivity index (χ0v) is 48.3. The summed E-state index contributed by atoms with van der Waals surface area (Å²) in [6, 6.07) is -0.806. The molecule has 0 aliphatic carbocycles. The minimum absolute atomic E-state index is 0.00596. The lowest BCUT2D eigenvalue weighted by Gasteiger charge is -2.40. The monoisotopic (exact) mass is 1050 g/mol. The van der Waals surface area contributed by atoms with Crippen molar-refractivity contribution in [1.82, 2.24) is 5.32 Å². The summed E-state index contributed by atoms with van der Waals surface area (Å²) in [6.07, 6.45) is 53.3. The van der Waals surface area contributed by atoms with Crippen LogP contribution in [-0.2, 0) is 23.8 Å². The van der Waals surface area contributed by atoms with Crippen molar-refractivity contribution in [1.29, 1.82) is 0 Å². The first kappa shape index (κ1) is 70.4. The number of unbranched alkanes of at least 4 members (excludes halogenated alkanes) is 42. The number of ether oxygens (including phenoxy) is 3. The molecule has 0 radical (unpaired) electrons. The van der Waals surface area contributed by atoms with Crippen LogP contribution in [0.25, 0.3) is 0 Å². The predicted octanol–water partition coefficient (Wildman–Crippen LogP) is 15.1. The number of carbonyl (C=O) groups excluding carboxylic acids is 2. The lowest BCUT2D eigenvalue weighted by Crippen LogP contribution is -2.60. The molecule has 438 valence electrons. The largest absolute Gasteiger partial charge is 0.466 e. The Morgan fingerprint density at radius 1 is 0.486 bits per heavy atom. The first-order valence-corrected chi connectivity index (χ1v) is 32.0. The van der Waals surface area contributed by atoms with Crippen LogP contribution >= 0.6 is 0 Å². The number of rotatable bonds is 56. The van der Waals surface area contributed by atoms with E-state index in [1.807, 2.05) is 6.08 Å². The Labute approximate surface area is 455 Å². The van der Waals surface area contributed by atoms with E-state index in [0.717, 1.165) is 57.8 Å². The Morgan fingerprint density at radius 2 is 0.851 bits per heavy atom. The molecule has 1 rings (SSSR count). The summed E-state index contributed by atoms with van der Waals surface area (Å²) in [5.41, 5.74) is 0. The Hall–Kier alpha value is -1.60. The van der Waals surface area contributed by atoms with Gasteiger partial charge >= 0.3 is 5.97 Å². The number of allylic oxidation sites excluding steroid dienone is 1. The van der Waals surface area contributed by atoms with Gasteiger partial charge < -0.3 is 45.1 Å². The molecule has 1 heterocycles. The van der Waals surface area contributed by atoms with Gasteiger partial charge in [-0.3, -0.25) is 9.59 Å². The summed E-state index contributed by atoms with van der Waals surface area (Å²) in [7, 11) is 0. The van der Waals surface area contributed by atoms with Crippen molar-refractivity contribution in [2.24, 2.45) is 0 Å². The van der Waals surface area contributed by atoms with E-state index < -0.39 is 49.5 Å². The van der Waals surface area contributed by atoms with Gasteiger partial charge in [-0.05, 0) is 32.1 Å². The quantitative estimate of drug-likeness (QED) is 0.0195. The molecule has 0 spiro atoms. The topological polar surface area (TPSA) is 175 Å². The third kappa shape index (κ3) is 42.4. The van der Waals surface area contributed by atoms with Crippen LogP contribution in [0.3, 0.4) is 0 Å². The van der Waals surface area contributed by atoms with E-state index in [0.29, 0.717) is 19.4 Å². The van der Waals surface area contributed by atoms with Gasteiger partial charge in [-0.1, -0.05) is 283 Å². The van der Waals surface area contributed by atoms with Gasteiger partial charge in [0.2, 0.25) is 5.91 Å². The van der Waals surface area contributed by atoms with Crippen LogP contribution in [0.2, 0.25) is 0 Å². The molecule has 1 fully saturated rings. The molecule has 0 bridgehead atoms. The minimum atomic E-state index is -1.57. The summed E-state index contributed by atoms with van der Waals surface area (Å²) in [6.45, 7) is 4.35. The lowest BCUT2D eigenvalue weighted by atomic mass is 9.99. The number of carbonyl (C=O) groups is 2. The molecule has 1 aliphatic rings. The normalized spacial score (nSPS) is 18.8. The van der Waals surface area contributed by atoms with Gasteiger partial charge in [0.25, 0.3) is 0 Å². The molecule has 1 aliphatic heterocycles. The van der Waals surface area contributed by atoms with Crippen molar-refractivity contribution in [2.75, 3.05) is 19.8 Å². The molecule has 11 nitrogen and oxygen atoms in total. The number of esters is 1. The van der Waals surface area contributed by atoms with Gasteiger partial charge in [-0.2, -0.15) is 0 Å². The molecule has 0 aromatic rings. The Kier molecular flexibility index (Phi) is 50.8. The molecular weight excluding hydrogens is 931 g/mol. The third-order valence-corrected chi connectivity index (χ3v) is 15.4. The van der Waals surface area contributed by atoms with Crippen LogP contribution in [0.1, 0.15) is 316 Å². The third-order valence-electron chi connectivity index (χ3n) is 15.4. The molecule has 7 atom stereocenters. The molecule has 6 N–H and O–H groups in total. The smallest absolute Gasteiger partial charge is 0.305 e. The first-order valence-electron chi connectivity index (χ1n) is 32.0. The summed E-state index contributed by atoms with van der Waals surface area (Å²) < 4.78 is 16.7. The van der Waals surface area contributed by atoms with Gasteiger partial charge in [-0.25, -0.2) is 0 Å². The fourth-order valence-corrected chi connectivity index (χ4v) is 10.3.